The Hall–Kier alpha value is -8.88. The molecule has 0 radical (unpaired) electrons. The molecule has 9 N–H and O–H groups in total. The summed E-state index contributed by atoms with van der Waals surface area (Å²) in [6, 6.07) is 7.20. The van der Waals surface area contributed by atoms with E-state index < -0.39 is 104 Å². The largest absolute Gasteiger partial charge is 0.453 e. The van der Waals surface area contributed by atoms with Crippen molar-refractivity contribution in [1.29, 1.82) is 0 Å². The molecule has 26 nitrogen and oxygen atoms in total. The number of H-pyrrole nitrogens is 1. The van der Waals surface area contributed by atoms with Gasteiger partial charge in [-0.3, -0.25) is 62.2 Å². The molecule has 10 rings (SSSR count). The molecule has 0 saturated carbocycles. The van der Waals surface area contributed by atoms with Gasteiger partial charge < -0.3 is 55.9 Å². The number of piperidine rings is 2. The van der Waals surface area contributed by atoms with Gasteiger partial charge in [-0.2, -0.15) is 0 Å². The van der Waals surface area contributed by atoms with Crippen LogP contribution in [0.4, 0.5) is 13.6 Å². The molecule has 6 heterocycles. The summed E-state index contributed by atoms with van der Waals surface area (Å²) >= 11 is 0. The lowest BCUT2D eigenvalue weighted by Crippen LogP contribution is -2.61. The molecule has 456 valence electrons. The van der Waals surface area contributed by atoms with Crippen molar-refractivity contribution in [2.75, 3.05) is 33.3 Å². The Morgan fingerprint density at radius 1 is 0.860 bits per heavy atom. The van der Waals surface area contributed by atoms with Crippen molar-refractivity contribution in [3.8, 4) is 0 Å². The fourth-order valence-corrected chi connectivity index (χ4v) is 12.0. The maximum atomic E-state index is 14.7. The minimum Gasteiger partial charge on any atom is -0.453 e. The average Bonchev–Trinajstić information content (AvgIpc) is 2.18. The van der Waals surface area contributed by atoms with Gasteiger partial charge in [0.25, 0.3) is 11.8 Å². The molecule has 5 atom stereocenters. The smallest absolute Gasteiger partial charge is 0.409 e. The number of halogens is 2. The number of aryl methyl sites for hydroxylation is 2. The molecule has 5 aliphatic rings. The molecule has 0 spiro atoms. The highest BCUT2D eigenvalue weighted by Crippen LogP contribution is 2.34. The zero-order valence-corrected chi connectivity index (χ0v) is 47.8. The van der Waals surface area contributed by atoms with Crippen LogP contribution in [0.3, 0.4) is 0 Å². The van der Waals surface area contributed by atoms with Gasteiger partial charge in [0.15, 0.2) is 17.4 Å². The number of likely N-dealkylation sites (tertiary alicyclic amines) is 1. The van der Waals surface area contributed by atoms with Gasteiger partial charge in [0.05, 0.1) is 30.3 Å². The number of aromatic amines is 1. The minimum atomic E-state index is -3.13. The summed E-state index contributed by atoms with van der Waals surface area (Å²) in [5, 5.41) is 10.9. The lowest BCUT2D eigenvalue weighted by Gasteiger charge is -2.37. The Labute approximate surface area is 489 Å². The van der Waals surface area contributed by atoms with Crippen LogP contribution in [-0.4, -0.2) is 155 Å². The van der Waals surface area contributed by atoms with Crippen molar-refractivity contribution in [2.45, 2.75) is 107 Å². The van der Waals surface area contributed by atoms with Crippen LogP contribution in [-0.2, 0) is 62.8 Å². The maximum Gasteiger partial charge on any atom is 0.409 e. The lowest BCUT2D eigenvalue weighted by atomic mass is 9.90. The first-order chi connectivity index (χ1) is 41.0. The van der Waals surface area contributed by atoms with Crippen molar-refractivity contribution in [3.63, 3.8) is 0 Å². The van der Waals surface area contributed by atoms with Gasteiger partial charge in [0, 0.05) is 74.5 Å². The molecule has 1 unspecified atom stereocenters. The number of ketones is 1. The number of rotatable bonds is 17. The highest BCUT2D eigenvalue weighted by Gasteiger charge is 2.44. The van der Waals surface area contributed by atoms with Crippen LogP contribution < -0.4 is 32.7 Å². The molecule has 2 aromatic heterocycles. The number of amides is 9. The summed E-state index contributed by atoms with van der Waals surface area (Å²) in [5.41, 5.74) is 8.84. The number of benzene rings is 3. The zero-order chi connectivity index (χ0) is 61.8. The molecular weight excluding hydrogens is 1150 g/mol. The van der Waals surface area contributed by atoms with Gasteiger partial charge in [-0.25, -0.2) is 18.4 Å². The molecule has 4 aliphatic heterocycles. The topological polar surface area (TPSA) is 364 Å². The monoisotopic (exact) mass is 1210 g/mol. The number of primary amides is 1. The third kappa shape index (κ3) is 13.3. The summed E-state index contributed by atoms with van der Waals surface area (Å²) in [6.07, 6.45) is 3.68. The van der Waals surface area contributed by atoms with Crippen LogP contribution in [0.2, 0.25) is 0 Å². The van der Waals surface area contributed by atoms with E-state index in [2.05, 4.69) is 26.3 Å². The van der Waals surface area contributed by atoms with Gasteiger partial charge in [-0.15, -0.1) is 0 Å². The van der Waals surface area contributed by atoms with Crippen molar-refractivity contribution < 1.29 is 75.8 Å². The number of ether oxygens (including phenoxy) is 1. The number of nitrogens with one attached hydrogen (secondary N) is 5. The highest BCUT2D eigenvalue weighted by atomic mass is 31.1. The summed E-state index contributed by atoms with van der Waals surface area (Å²) in [6.45, 7) is 0.233. The number of nitrogens with two attached hydrogens (primary N) is 1. The number of fused-ring (bicyclic) bond motifs is 3. The number of aromatic nitrogens is 3. The number of hydrogen-bond acceptors (Lipinski definition) is 13. The fraction of sp³-hybridized carbons (Fsp3) is 0.421. The van der Waals surface area contributed by atoms with Crippen molar-refractivity contribution in [2.24, 2.45) is 18.7 Å². The van der Waals surface area contributed by atoms with Gasteiger partial charge in [-0.1, -0.05) is 18.2 Å². The Morgan fingerprint density at radius 2 is 1.59 bits per heavy atom. The van der Waals surface area contributed by atoms with Crippen molar-refractivity contribution in [3.05, 3.63) is 116 Å². The second-order valence-corrected chi connectivity index (χ2v) is 22.4. The molecule has 5 aromatic rings. The molecule has 3 saturated heterocycles. The number of carbonyl (C=O) groups is 10. The van der Waals surface area contributed by atoms with E-state index in [1.54, 1.807) is 36.2 Å². The quantitative estimate of drug-likeness (QED) is 0.0477. The predicted molar refractivity (Wildman–Crippen MR) is 302 cm³/mol. The average molecular weight is 1210 g/mol. The van der Waals surface area contributed by atoms with Crippen LogP contribution in [0.5, 0.6) is 0 Å². The number of nitrogens with zero attached hydrogens (tertiary/aromatic N) is 5. The Morgan fingerprint density at radius 3 is 2.29 bits per heavy atom. The van der Waals surface area contributed by atoms with Crippen LogP contribution in [0.15, 0.2) is 71.2 Å². The third-order valence-electron chi connectivity index (χ3n) is 16.4. The number of imidazole rings is 1. The Balaban J connectivity index is 0.00000214. The van der Waals surface area contributed by atoms with Crippen LogP contribution in [0.25, 0.3) is 21.9 Å². The van der Waals surface area contributed by atoms with E-state index in [9.17, 15) is 61.5 Å². The first kappa shape index (κ1) is 61.7. The normalized spacial score (nSPS) is 19.3. The maximum absolute atomic E-state index is 14.7. The van der Waals surface area contributed by atoms with E-state index in [1.165, 1.54) is 25.0 Å². The van der Waals surface area contributed by atoms with Gasteiger partial charge in [-0.05, 0) is 111 Å². The summed E-state index contributed by atoms with van der Waals surface area (Å²) < 4.78 is 45.4. The molecule has 3 fully saturated rings. The number of imide groups is 1. The minimum absolute atomic E-state index is 0.00619. The summed E-state index contributed by atoms with van der Waals surface area (Å²) in [5.74, 6) is -8.06. The predicted octanol–water partition coefficient (Wildman–Crippen LogP) is 1.78. The Kier molecular flexibility index (Phi) is 18.8. The standard InChI is InChI=1S/C57H61F2N11O12.H3O3P/c1-66-44-26-30(7-13-41(44)70(56(66)80)43-15-17-46(72)65-52(43)76)5-3-4-29-18-21-67(22-19-29)54(78)39(25-31-6-10-35(58)36(59)24-31)63-50(74)38(12-16-45(60)71)62-51(75)42-14-9-33-20-23-68(57(81)82-2)28-40(55(79)69(33)42)64-53(77)48-47-34-27-32(49(47)73)8-11-37(34)61-48;1-4(2)3/h6-11,13,24,26-27,29,38-40,42-43,61H,3-5,12,14-23,25,28H2,1-2H3,(H2,60,71)(H,62,75)(H,63,74)(H,64,77)(H,65,72,76);4H,(H2,1,2,3)/t38-,39-,40-,42-,43?;/m0./s1. The van der Waals surface area contributed by atoms with Crippen molar-refractivity contribution >= 4 is 89.3 Å². The van der Waals surface area contributed by atoms with E-state index in [-0.39, 0.29) is 91.7 Å². The van der Waals surface area contributed by atoms with Gasteiger partial charge >= 0.3 is 20.0 Å². The molecule has 29 heteroatoms. The zero-order valence-electron chi connectivity index (χ0n) is 46.8. The van der Waals surface area contributed by atoms with Crippen LogP contribution in [0, 0.1) is 17.6 Å². The van der Waals surface area contributed by atoms with E-state index in [4.69, 9.17) is 24.8 Å². The molecule has 3 aromatic carbocycles. The fourth-order valence-electron chi connectivity index (χ4n) is 12.0. The first-order valence-corrected chi connectivity index (χ1v) is 29.2. The van der Waals surface area contributed by atoms with E-state index in [1.807, 2.05) is 18.2 Å². The second kappa shape index (κ2) is 26.2. The summed E-state index contributed by atoms with van der Waals surface area (Å²) in [4.78, 5) is 169. The molecule has 9 amide bonds. The number of hydrogen-bond donors (Lipinski definition) is 8. The first-order valence-electron chi connectivity index (χ1n) is 27.9. The third-order valence-corrected chi connectivity index (χ3v) is 16.4. The van der Waals surface area contributed by atoms with Crippen LogP contribution >= 0.6 is 8.25 Å². The molecule has 2 bridgehead atoms. The SMILES string of the molecule is COC(=O)N1CCC2=CC[C@@H](C(=O)N[C@@H](CCC(N)=O)C(=O)N[C@@H](Cc3ccc(F)c(F)c3)C(=O)N3CCC(CCCc4ccc5c(c4)n(C)c(=O)n5C4CCC(=O)NC4=O)CC3)N2C(=O)[C@@H](NC(=O)c2[nH]c3ccc4cc3c2C4=O)C1.O=[PH](O)O. The molecule has 86 heavy (non-hydrogen) atoms. The van der Waals surface area contributed by atoms with Gasteiger partial charge in [0.2, 0.25) is 35.4 Å². The second-order valence-electron chi connectivity index (χ2n) is 21.8. The van der Waals surface area contributed by atoms with Crippen molar-refractivity contribution in [1.82, 2.24) is 50.1 Å². The van der Waals surface area contributed by atoms with E-state index in [0.717, 1.165) is 37.6 Å². The Bertz CT molecular complexity index is 3720. The van der Waals surface area contributed by atoms with E-state index in [0.29, 0.717) is 65.5 Å². The molecular formula is C57H64F2N11O15P. The van der Waals surface area contributed by atoms with E-state index >= 15 is 0 Å². The van der Waals surface area contributed by atoms with Crippen LogP contribution in [0.1, 0.15) is 108 Å². The highest BCUT2D eigenvalue weighted by molar-refractivity contribution is 7.30. The lowest BCUT2D eigenvalue weighted by molar-refractivity contribution is -0.141. The van der Waals surface area contributed by atoms with Gasteiger partial charge in [0.1, 0.15) is 35.9 Å². The molecule has 1 aliphatic carbocycles. The summed E-state index contributed by atoms with van der Waals surface area (Å²) in [7, 11) is -0.332. The number of methoxy groups -OCH3 is 1. The number of carbonyl (C=O) groups excluding carboxylic acids is 10.